The Morgan fingerprint density at radius 1 is 1.37 bits per heavy atom. The number of anilines is 1. The summed E-state index contributed by atoms with van der Waals surface area (Å²) >= 11 is 0. The molecule has 1 aliphatic rings. The summed E-state index contributed by atoms with van der Waals surface area (Å²) in [4.78, 5) is 27.9. The minimum Gasteiger partial charge on any atom is -0.488 e. The lowest BCUT2D eigenvalue weighted by molar-refractivity contribution is -0.139. The first-order valence-electron chi connectivity index (χ1n) is 8.26. The Morgan fingerprint density at radius 2 is 2.11 bits per heavy atom. The highest BCUT2D eigenvalue weighted by Crippen LogP contribution is 2.24. The fraction of sp³-hybridized carbons (Fsp3) is 0.278. The Bertz CT molecular complexity index is 846. The number of hydrogen-bond acceptors (Lipinski definition) is 6. The maximum Gasteiger partial charge on any atom is 0.414 e. The average Bonchev–Trinajstić information content (AvgIpc) is 3.26. The van der Waals surface area contributed by atoms with Gasteiger partial charge in [0.15, 0.2) is 6.10 Å². The van der Waals surface area contributed by atoms with Crippen molar-refractivity contribution in [3.05, 3.63) is 47.8 Å². The molecular weight excluding hydrogens is 352 g/mol. The van der Waals surface area contributed by atoms with Crippen LogP contribution in [-0.4, -0.2) is 49.2 Å². The Labute approximate surface area is 155 Å². The van der Waals surface area contributed by atoms with Crippen molar-refractivity contribution in [2.24, 2.45) is 5.73 Å². The molecule has 1 fully saturated rings. The molecule has 4 N–H and O–H groups in total. The van der Waals surface area contributed by atoms with E-state index in [4.69, 9.17) is 20.6 Å². The number of H-pyrrole nitrogens is 1. The van der Waals surface area contributed by atoms with Crippen LogP contribution in [0, 0.1) is 5.41 Å². The number of aromatic amines is 1. The molecule has 3 rings (SSSR count). The summed E-state index contributed by atoms with van der Waals surface area (Å²) in [5.74, 6) is 0.110. The summed E-state index contributed by atoms with van der Waals surface area (Å²) < 4.78 is 15.7. The molecule has 2 aromatic rings. The van der Waals surface area contributed by atoms with E-state index < -0.39 is 12.2 Å². The van der Waals surface area contributed by atoms with E-state index in [1.807, 2.05) is 0 Å². The second kappa shape index (κ2) is 7.81. The third-order valence-corrected chi connectivity index (χ3v) is 4.14. The molecule has 27 heavy (non-hydrogen) atoms. The van der Waals surface area contributed by atoms with Gasteiger partial charge >= 0.3 is 12.1 Å². The van der Waals surface area contributed by atoms with E-state index >= 15 is 0 Å². The highest BCUT2D eigenvalue weighted by atomic mass is 16.6. The fourth-order valence-electron chi connectivity index (χ4n) is 2.70. The second-order valence-electron chi connectivity index (χ2n) is 5.99. The zero-order chi connectivity index (χ0) is 19.4. The summed E-state index contributed by atoms with van der Waals surface area (Å²) in [5, 5.41) is 7.41. The number of nitrogens with zero attached hydrogens (tertiary/aromatic N) is 1. The summed E-state index contributed by atoms with van der Waals surface area (Å²) in [6, 6.07) is 6.77. The number of carbonyl (C=O) groups is 2. The van der Waals surface area contributed by atoms with E-state index in [9.17, 15) is 9.59 Å². The first kappa shape index (κ1) is 18.3. The molecule has 1 aromatic heterocycles. The van der Waals surface area contributed by atoms with Crippen molar-refractivity contribution in [1.82, 2.24) is 4.98 Å². The van der Waals surface area contributed by atoms with E-state index in [1.165, 1.54) is 12.0 Å². The molecule has 0 saturated carbocycles. The van der Waals surface area contributed by atoms with E-state index in [0.29, 0.717) is 29.1 Å². The highest BCUT2D eigenvalue weighted by Gasteiger charge is 2.33. The Hall–Kier alpha value is -3.49. The molecule has 0 radical (unpaired) electrons. The number of rotatable bonds is 7. The number of hydrogen-bond donors (Lipinski definition) is 3. The number of amidine groups is 1. The topological polar surface area (TPSA) is 131 Å². The van der Waals surface area contributed by atoms with Crippen molar-refractivity contribution in [3.63, 3.8) is 0 Å². The van der Waals surface area contributed by atoms with Crippen molar-refractivity contribution in [1.29, 1.82) is 5.41 Å². The van der Waals surface area contributed by atoms with Gasteiger partial charge in [-0.15, -0.1) is 0 Å². The molecule has 9 nitrogen and oxygen atoms in total. The van der Waals surface area contributed by atoms with Crippen LogP contribution in [0.15, 0.2) is 36.7 Å². The van der Waals surface area contributed by atoms with Gasteiger partial charge in [-0.2, -0.15) is 0 Å². The average molecular weight is 372 g/mol. The minimum atomic E-state index is -0.469. The Balaban J connectivity index is 1.59. The van der Waals surface area contributed by atoms with Crippen LogP contribution in [0.3, 0.4) is 0 Å². The van der Waals surface area contributed by atoms with Crippen LogP contribution in [0.4, 0.5) is 10.5 Å². The number of nitrogens with two attached hydrogens (primary N) is 1. The number of amides is 1. The van der Waals surface area contributed by atoms with Gasteiger partial charge in [0.05, 0.1) is 20.1 Å². The van der Waals surface area contributed by atoms with Gasteiger partial charge in [0, 0.05) is 29.2 Å². The van der Waals surface area contributed by atoms with Crippen LogP contribution in [0.2, 0.25) is 0 Å². The molecule has 1 aromatic carbocycles. The first-order chi connectivity index (χ1) is 13.0. The number of nitrogen functional groups attached to an aromatic ring is 1. The quantitative estimate of drug-likeness (QED) is 0.383. The number of esters is 1. The van der Waals surface area contributed by atoms with Crippen LogP contribution in [0.1, 0.15) is 11.1 Å². The minimum absolute atomic E-state index is 0.0360. The SMILES string of the molecule is COC(=O)Cc1c[nH]cc1OCC1CN(c2ccc(C(=N)N)cc2)C(=O)O1. The smallest absolute Gasteiger partial charge is 0.414 e. The zero-order valence-electron chi connectivity index (χ0n) is 14.7. The molecule has 1 saturated heterocycles. The van der Waals surface area contributed by atoms with Crippen LogP contribution in [0.25, 0.3) is 0 Å². The molecular formula is C18H20N4O5. The normalized spacial score (nSPS) is 16.1. The van der Waals surface area contributed by atoms with E-state index in [1.54, 1.807) is 36.7 Å². The van der Waals surface area contributed by atoms with Gasteiger partial charge in [-0.05, 0) is 24.3 Å². The van der Waals surface area contributed by atoms with Crippen molar-refractivity contribution in [2.75, 3.05) is 25.2 Å². The number of cyclic esters (lactones) is 1. The van der Waals surface area contributed by atoms with Crippen LogP contribution in [-0.2, 0) is 20.7 Å². The largest absolute Gasteiger partial charge is 0.488 e. The van der Waals surface area contributed by atoms with Gasteiger partial charge < -0.3 is 24.9 Å². The van der Waals surface area contributed by atoms with Crippen molar-refractivity contribution < 1.29 is 23.8 Å². The molecule has 9 heteroatoms. The number of aromatic nitrogens is 1. The van der Waals surface area contributed by atoms with Gasteiger partial charge in [-0.1, -0.05) is 0 Å². The van der Waals surface area contributed by atoms with Gasteiger partial charge in [0.1, 0.15) is 18.2 Å². The van der Waals surface area contributed by atoms with Crippen LogP contribution in [0.5, 0.6) is 5.75 Å². The molecule has 0 spiro atoms. The van der Waals surface area contributed by atoms with Crippen molar-refractivity contribution in [2.45, 2.75) is 12.5 Å². The molecule has 142 valence electrons. The van der Waals surface area contributed by atoms with Gasteiger partial charge in [0.25, 0.3) is 0 Å². The molecule has 2 heterocycles. The molecule has 1 unspecified atom stereocenters. The molecule has 1 atom stereocenters. The monoisotopic (exact) mass is 372 g/mol. The second-order valence-corrected chi connectivity index (χ2v) is 5.99. The lowest BCUT2D eigenvalue weighted by Crippen LogP contribution is -2.26. The predicted molar refractivity (Wildman–Crippen MR) is 97.1 cm³/mol. The third-order valence-electron chi connectivity index (χ3n) is 4.14. The number of methoxy groups -OCH3 is 1. The molecule has 1 amide bonds. The first-order valence-corrected chi connectivity index (χ1v) is 8.26. The van der Waals surface area contributed by atoms with Gasteiger partial charge in [-0.3, -0.25) is 15.1 Å². The van der Waals surface area contributed by atoms with Crippen molar-refractivity contribution >= 4 is 23.6 Å². The lowest BCUT2D eigenvalue weighted by Gasteiger charge is -2.13. The maximum absolute atomic E-state index is 12.1. The summed E-state index contributed by atoms with van der Waals surface area (Å²) in [6.45, 7) is 0.481. The van der Waals surface area contributed by atoms with Gasteiger partial charge in [-0.25, -0.2) is 4.79 Å². The van der Waals surface area contributed by atoms with E-state index in [0.717, 1.165) is 0 Å². The van der Waals surface area contributed by atoms with Crippen molar-refractivity contribution in [3.8, 4) is 5.75 Å². The maximum atomic E-state index is 12.1. The zero-order valence-corrected chi connectivity index (χ0v) is 14.7. The van der Waals surface area contributed by atoms with E-state index in [-0.39, 0.29) is 24.8 Å². The number of carbonyl (C=O) groups excluding carboxylic acids is 2. The number of ether oxygens (including phenoxy) is 3. The summed E-state index contributed by atoms with van der Waals surface area (Å²) in [5.41, 5.74) is 7.34. The van der Waals surface area contributed by atoms with Crippen LogP contribution < -0.4 is 15.4 Å². The Morgan fingerprint density at radius 3 is 2.78 bits per heavy atom. The summed E-state index contributed by atoms with van der Waals surface area (Å²) in [6.07, 6.45) is 2.46. The molecule has 0 aliphatic carbocycles. The predicted octanol–water partition coefficient (Wildman–Crippen LogP) is 1.42. The molecule has 1 aliphatic heterocycles. The fourth-order valence-corrected chi connectivity index (χ4v) is 2.70. The third kappa shape index (κ3) is 4.20. The molecule has 0 bridgehead atoms. The summed E-state index contributed by atoms with van der Waals surface area (Å²) in [7, 11) is 1.32. The highest BCUT2D eigenvalue weighted by molar-refractivity contribution is 5.96. The van der Waals surface area contributed by atoms with Gasteiger partial charge in [0.2, 0.25) is 0 Å². The van der Waals surface area contributed by atoms with E-state index in [2.05, 4.69) is 9.72 Å². The number of benzene rings is 1. The Kier molecular flexibility index (Phi) is 5.30. The lowest BCUT2D eigenvalue weighted by atomic mass is 10.2. The number of nitrogens with one attached hydrogen (secondary N) is 2. The van der Waals surface area contributed by atoms with Crippen LogP contribution >= 0.6 is 0 Å². The standard InChI is InChI=1S/C18H20N4O5/c1-25-16(23)6-12-7-21-8-15(12)26-10-14-9-22(18(24)27-14)13-4-2-11(3-5-13)17(19)20/h2-5,7-8,14,21H,6,9-10H2,1H3,(H3,19,20).